The molecule has 0 saturated heterocycles. The van der Waals surface area contributed by atoms with Crippen LogP contribution in [0.5, 0.6) is 0 Å². The third kappa shape index (κ3) is 3.88. The topological polar surface area (TPSA) is 104 Å². The molecule has 3 N–H and O–H groups in total. The highest BCUT2D eigenvalue weighted by Gasteiger charge is 2.09. The summed E-state index contributed by atoms with van der Waals surface area (Å²) in [6, 6.07) is 4.13. The molecule has 0 spiro atoms. The first-order valence-electron chi connectivity index (χ1n) is 8.43. The van der Waals surface area contributed by atoms with Gasteiger partial charge < -0.3 is 15.8 Å². The molecule has 4 heterocycles. The minimum absolute atomic E-state index is 0.369. The van der Waals surface area contributed by atoms with E-state index in [9.17, 15) is 0 Å². The predicted molar refractivity (Wildman–Crippen MR) is 106 cm³/mol. The SMILES string of the molecule is COCCn1cc(-c2cnc(N)c(NCc3cc4cnccc4s3)n2)cn1. The number of ether oxygens (including phenoxy) is 1. The van der Waals surface area contributed by atoms with E-state index in [4.69, 9.17) is 10.5 Å². The molecule has 0 atom stereocenters. The van der Waals surface area contributed by atoms with Gasteiger partial charge in [0.15, 0.2) is 11.6 Å². The van der Waals surface area contributed by atoms with Gasteiger partial charge in [0.1, 0.15) is 0 Å². The number of aromatic nitrogens is 5. The van der Waals surface area contributed by atoms with E-state index in [2.05, 4.69) is 31.4 Å². The first-order chi connectivity index (χ1) is 13.2. The smallest absolute Gasteiger partial charge is 0.169 e. The van der Waals surface area contributed by atoms with Crippen LogP contribution in [-0.4, -0.2) is 38.4 Å². The fraction of sp³-hybridized carbons (Fsp3) is 0.222. The molecule has 138 valence electrons. The second-order valence-corrected chi connectivity index (χ2v) is 7.12. The van der Waals surface area contributed by atoms with Gasteiger partial charge in [-0.15, -0.1) is 11.3 Å². The summed E-state index contributed by atoms with van der Waals surface area (Å²) in [6.45, 7) is 1.91. The molecule has 0 aliphatic rings. The third-order valence-corrected chi connectivity index (χ3v) is 5.17. The fourth-order valence-electron chi connectivity index (χ4n) is 2.67. The van der Waals surface area contributed by atoms with Crippen molar-refractivity contribution in [1.29, 1.82) is 0 Å². The Morgan fingerprint density at radius 2 is 2.22 bits per heavy atom. The number of nitrogens with two attached hydrogens (primary N) is 1. The van der Waals surface area contributed by atoms with Crippen molar-refractivity contribution in [3.63, 3.8) is 0 Å². The van der Waals surface area contributed by atoms with Crippen LogP contribution < -0.4 is 11.1 Å². The number of anilines is 2. The van der Waals surface area contributed by atoms with E-state index in [-0.39, 0.29) is 0 Å². The van der Waals surface area contributed by atoms with Crippen LogP contribution in [0.2, 0.25) is 0 Å². The molecular weight excluding hydrogens is 362 g/mol. The lowest BCUT2D eigenvalue weighted by Gasteiger charge is -2.08. The molecule has 8 nitrogen and oxygen atoms in total. The van der Waals surface area contributed by atoms with Crippen LogP contribution in [0.1, 0.15) is 4.88 Å². The summed E-state index contributed by atoms with van der Waals surface area (Å²) >= 11 is 1.72. The highest BCUT2D eigenvalue weighted by Crippen LogP contribution is 2.26. The lowest BCUT2D eigenvalue weighted by atomic mass is 10.2. The molecule has 0 radical (unpaired) electrons. The number of thiophene rings is 1. The molecule has 0 fully saturated rings. The predicted octanol–water partition coefficient (Wildman–Crippen LogP) is 2.79. The van der Waals surface area contributed by atoms with Gasteiger partial charge in [0.05, 0.1) is 37.8 Å². The normalized spacial score (nSPS) is 11.1. The Morgan fingerprint density at radius 3 is 3.07 bits per heavy atom. The van der Waals surface area contributed by atoms with E-state index in [1.807, 2.05) is 23.1 Å². The van der Waals surface area contributed by atoms with Gasteiger partial charge in [-0.3, -0.25) is 9.67 Å². The summed E-state index contributed by atoms with van der Waals surface area (Å²) in [5, 5.41) is 8.73. The summed E-state index contributed by atoms with van der Waals surface area (Å²) in [5.41, 5.74) is 7.60. The van der Waals surface area contributed by atoms with Crippen LogP contribution >= 0.6 is 11.3 Å². The highest BCUT2D eigenvalue weighted by atomic mass is 32.1. The van der Waals surface area contributed by atoms with Crippen molar-refractivity contribution >= 4 is 33.1 Å². The Bertz CT molecular complexity index is 1030. The molecular formula is C18H19N7OS. The Morgan fingerprint density at radius 1 is 1.30 bits per heavy atom. The minimum Gasteiger partial charge on any atom is -0.383 e. The maximum atomic E-state index is 6.00. The summed E-state index contributed by atoms with van der Waals surface area (Å²) < 4.78 is 8.09. The first kappa shape index (κ1) is 17.4. The van der Waals surface area contributed by atoms with Crippen LogP contribution in [0.25, 0.3) is 21.3 Å². The molecule has 9 heteroatoms. The van der Waals surface area contributed by atoms with Crippen molar-refractivity contribution in [1.82, 2.24) is 24.7 Å². The van der Waals surface area contributed by atoms with E-state index >= 15 is 0 Å². The lowest BCUT2D eigenvalue weighted by molar-refractivity contribution is 0.183. The Hall–Kier alpha value is -3.04. The standard InChI is InChI=1S/C18H19N7OS/c1-26-5-4-25-11-13(8-23-25)15-10-21-17(19)18(24-15)22-9-14-6-12-7-20-3-2-16(12)27-14/h2-3,6-8,10-11H,4-5,9H2,1H3,(H2,19,21)(H,22,24). The maximum Gasteiger partial charge on any atom is 0.169 e. The van der Waals surface area contributed by atoms with E-state index in [1.54, 1.807) is 37.0 Å². The molecule has 0 bridgehead atoms. The van der Waals surface area contributed by atoms with Gasteiger partial charge in [0.25, 0.3) is 0 Å². The first-order valence-corrected chi connectivity index (χ1v) is 9.25. The van der Waals surface area contributed by atoms with Gasteiger partial charge >= 0.3 is 0 Å². The van der Waals surface area contributed by atoms with Crippen LogP contribution in [0.15, 0.2) is 43.1 Å². The van der Waals surface area contributed by atoms with E-state index in [0.29, 0.717) is 31.3 Å². The molecule has 0 aromatic carbocycles. The van der Waals surface area contributed by atoms with E-state index in [0.717, 1.165) is 16.6 Å². The van der Waals surface area contributed by atoms with Crippen molar-refractivity contribution in [2.75, 3.05) is 24.8 Å². The van der Waals surface area contributed by atoms with Crippen LogP contribution in [0.3, 0.4) is 0 Å². The molecule has 0 saturated carbocycles. The molecule has 0 unspecified atom stereocenters. The van der Waals surface area contributed by atoms with Crippen molar-refractivity contribution in [2.45, 2.75) is 13.1 Å². The number of hydrogen-bond donors (Lipinski definition) is 2. The molecule has 4 aromatic heterocycles. The van der Waals surface area contributed by atoms with Crippen LogP contribution in [-0.2, 0) is 17.8 Å². The number of fused-ring (bicyclic) bond motifs is 1. The number of nitrogens with one attached hydrogen (secondary N) is 1. The molecule has 27 heavy (non-hydrogen) atoms. The van der Waals surface area contributed by atoms with Crippen molar-refractivity contribution in [3.8, 4) is 11.3 Å². The van der Waals surface area contributed by atoms with E-state index in [1.165, 1.54) is 9.58 Å². The summed E-state index contributed by atoms with van der Waals surface area (Å²) in [5.74, 6) is 0.932. The number of nitrogens with zero attached hydrogens (tertiary/aromatic N) is 5. The fourth-order valence-corrected chi connectivity index (χ4v) is 3.64. The number of rotatable bonds is 7. The van der Waals surface area contributed by atoms with Crippen molar-refractivity contribution in [2.24, 2.45) is 0 Å². The Labute approximate surface area is 160 Å². The Balaban J connectivity index is 1.51. The van der Waals surface area contributed by atoms with Gasteiger partial charge in [-0.25, -0.2) is 9.97 Å². The maximum absolute atomic E-state index is 6.00. The third-order valence-electron chi connectivity index (χ3n) is 4.05. The molecule has 4 rings (SSSR count). The number of methoxy groups -OCH3 is 1. The van der Waals surface area contributed by atoms with E-state index < -0.39 is 0 Å². The lowest BCUT2D eigenvalue weighted by Crippen LogP contribution is -2.06. The van der Waals surface area contributed by atoms with Gasteiger partial charge in [-0.05, 0) is 12.1 Å². The Kier molecular flexibility index (Phi) is 4.95. The zero-order valence-electron chi connectivity index (χ0n) is 14.8. The minimum atomic E-state index is 0.369. The van der Waals surface area contributed by atoms with Crippen LogP contribution in [0, 0.1) is 0 Å². The monoisotopic (exact) mass is 381 g/mol. The zero-order chi connectivity index (χ0) is 18.6. The summed E-state index contributed by atoms with van der Waals surface area (Å²) in [4.78, 5) is 14.2. The molecule has 4 aromatic rings. The summed E-state index contributed by atoms with van der Waals surface area (Å²) in [6.07, 6.45) is 9.01. The molecule has 0 aliphatic carbocycles. The second-order valence-electron chi connectivity index (χ2n) is 5.95. The van der Waals surface area contributed by atoms with Gasteiger partial charge in [-0.1, -0.05) is 0 Å². The van der Waals surface area contributed by atoms with Crippen LogP contribution in [0.4, 0.5) is 11.6 Å². The van der Waals surface area contributed by atoms with Gasteiger partial charge in [-0.2, -0.15) is 5.10 Å². The van der Waals surface area contributed by atoms with Crippen molar-refractivity contribution in [3.05, 3.63) is 48.0 Å². The molecule has 0 aliphatic heterocycles. The van der Waals surface area contributed by atoms with Crippen molar-refractivity contribution < 1.29 is 4.74 Å². The largest absolute Gasteiger partial charge is 0.383 e. The average Bonchev–Trinajstić information content (AvgIpc) is 3.32. The average molecular weight is 381 g/mol. The summed E-state index contributed by atoms with van der Waals surface area (Å²) in [7, 11) is 1.67. The number of hydrogen-bond acceptors (Lipinski definition) is 8. The zero-order valence-corrected chi connectivity index (χ0v) is 15.6. The number of nitrogen functional groups attached to an aromatic ring is 1. The number of pyridine rings is 1. The molecule has 0 amide bonds. The van der Waals surface area contributed by atoms with Gasteiger partial charge in [0.2, 0.25) is 0 Å². The highest BCUT2D eigenvalue weighted by molar-refractivity contribution is 7.19. The second kappa shape index (κ2) is 7.68. The quantitative estimate of drug-likeness (QED) is 0.507. The van der Waals surface area contributed by atoms with Gasteiger partial charge in [0, 0.05) is 46.2 Å².